The van der Waals surface area contributed by atoms with Crippen molar-refractivity contribution in [3.8, 4) is 12.3 Å². The van der Waals surface area contributed by atoms with Crippen LogP contribution in [0, 0.1) is 12.3 Å². The minimum Gasteiger partial charge on any atom is -0.314 e. The average Bonchev–Trinajstić information content (AvgIpc) is 2.18. The number of unbranched alkanes of at least 4 members (excludes halogenated alkanes) is 3. The molecule has 0 heterocycles. The fourth-order valence-electron chi connectivity index (χ4n) is 1.78. The van der Waals surface area contributed by atoms with Gasteiger partial charge in [-0.15, -0.1) is 12.3 Å². The van der Waals surface area contributed by atoms with Gasteiger partial charge in [0, 0.05) is 12.5 Å². The summed E-state index contributed by atoms with van der Waals surface area (Å²) in [4.78, 5) is 0. The molecule has 82 valence electrons. The Hall–Kier alpha value is -0.480. The van der Waals surface area contributed by atoms with Crippen LogP contribution in [0.2, 0.25) is 0 Å². The van der Waals surface area contributed by atoms with Gasteiger partial charge in [0.15, 0.2) is 0 Å². The van der Waals surface area contributed by atoms with E-state index in [0.717, 1.165) is 19.0 Å². The third kappa shape index (κ3) is 8.13. The maximum absolute atomic E-state index is 5.20. The highest BCUT2D eigenvalue weighted by atomic mass is 14.9. The summed E-state index contributed by atoms with van der Waals surface area (Å²) in [6.07, 6.45) is 13.8. The predicted molar refractivity (Wildman–Crippen MR) is 64.3 cm³/mol. The summed E-state index contributed by atoms with van der Waals surface area (Å²) in [5.41, 5.74) is 0. The molecule has 1 unspecified atom stereocenters. The van der Waals surface area contributed by atoms with Crippen molar-refractivity contribution in [2.24, 2.45) is 0 Å². The van der Waals surface area contributed by atoms with Gasteiger partial charge in [-0.05, 0) is 25.8 Å². The van der Waals surface area contributed by atoms with Crippen LogP contribution in [0.3, 0.4) is 0 Å². The number of terminal acetylenes is 1. The van der Waals surface area contributed by atoms with Gasteiger partial charge < -0.3 is 5.32 Å². The molecule has 0 aromatic rings. The minimum atomic E-state index is 0.732. The summed E-state index contributed by atoms with van der Waals surface area (Å²) in [5.74, 6) is 2.69. The molecule has 1 heteroatoms. The SMILES string of the molecule is C#CCCCCCC(CCC)NCC. The van der Waals surface area contributed by atoms with Gasteiger partial charge >= 0.3 is 0 Å². The summed E-state index contributed by atoms with van der Waals surface area (Å²) in [6, 6.07) is 0.732. The van der Waals surface area contributed by atoms with Gasteiger partial charge in [-0.25, -0.2) is 0 Å². The average molecular weight is 195 g/mol. The molecule has 0 fully saturated rings. The van der Waals surface area contributed by atoms with E-state index in [2.05, 4.69) is 25.1 Å². The van der Waals surface area contributed by atoms with Gasteiger partial charge in [0.05, 0.1) is 0 Å². The van der Waals surface area contributed by atoms with Crippen LogP contribution >= 0.6 is 0 Å². The Morgan fingerprint density at radius 3 is 2.50 bits per heavy atom. The molecule has 0 amide bonds. The second kappa shape index (κ2) is 10.6. The van der Waals surface area contributed by atoms with Crippen LogP contribution in [0.4, 0.5) is 0 Å². The first-order chi connectivity index (χ1) is 6.85. The van der Waals surface area contributed by atoms with Crippen molar-refractivity contribution in [2.45, 2.75) is 64.8 Å². The zero-order valence-electron chi connectivity index (χ0n) is 9.81. The summed E-state index contributed by atoms with van der Waals surface area (Å²) in [5, 5.41) is 3.53. The first-order valence-electron chi connectivity index (χ1n) is 6.02. The first-order valence-corrected chi connectivity index (χ1v) is 6.02. The molecule has 1 atom stereocenters. The highest BCUT2D eigenvalue weighted by Crippen LogP contribution is 2.09. The molecule has 0 spiro atoms. The van der Waals surface area contributed by atoms with E-state index in [9.17, 15) is 0 Å². The number of nitrogens with one attached hydrogen (secondary N) is 1. The molecule has 0 aromatic heterocycles. The van der Waals surface area contributed by atoms with E-state index in [0.29, 0.717) is 0 Å². The zero-order valence-corrected chi connectivity index (χ0v) is 9.81. The van der Waals surface area contributed by atoms with E-state index in [1.807, 2.05) is 0 Å². The van der Waals surface area contributed by atoms with Gasteiger partial charge in [0.2, 0.25) is 0 Å². The van der Waals surface area contributed by atoms with E-state index in [1.54, 1.807) is 0 Å². The Bertz CT molecular complexity index is 140. The quantitative estimate of drug-likeness (QED) is 0.439. The Morgan fingerprint density at radius 1 is 1.14 bits per heavy atom. The molecule has 0 radical (unpaired) electrons. The maximum atomic E-state index is 5.20. The van der Waals surface area contributed by atoms with E-state index in [4.69, 9.17) is 6.42 Å². The highest BCUT2D eigenvalue weighted by Gasteiger charge is 2.04. The fraction of sp³-hybridized carbons (Fsp3) is 0.846. The van der Waals surface area contributed by atoms with Crippen LogP contribution in [0.25, 0.3) is 0 Å². The molecule has 0 aliphatic rings. The molecule has 1 nitrogen and oxygen atoms in total. The molecule has 1 N–H and O–H groups in total. The molecule has 0 aliphatic carbocycles. The minimum absolute atomic E-state index is 0.732. The van der Waals surface area contributed by atoms with Crippen LogP contribution < -0.4 is 5.32 Å². The van der Waals surface area contributed by atoms with Crippen molar-refractivity contribution in [3.05, 3.63) is 0 Å². The van der Waals surface area contributed by atoms with E-state index >= 15 is 0 Å². The van der Waals surface area contributed by atoms with Crippen molar-refractivity contribution in [1.29, 1.82) is 0 Å². The fourth-order valence-corrected chi connectivity index (χ4v) is 1.78. The third-order valence-electron chi connectivity index (χ3n) is 2.50. The maximum Gasteiger partial charge on any atom is 0.00860 e. The predicted octanol–water partition coefficient (Wildman–Crippen LogP) is 3.35. The van der Waals surface area contributed by atoms with Crippen LogP contribution in [0.1, 0.15) is 58.8 Å². The van der Waals surface area contributed by atoms with E-state index in [-0.39, 0.29) is 0 Å². The molecule has 0 aromatic carbocycles. The first kappa shape index (κ1) is 13.5. The molecule has 0 aliphatic heterocycles. The van der Waals surface area contributed by atoms with Gasteiger partial charge in [0.25, 0.3) is 0 Å². The smallest absolute Gasteiger partial charge is 0.00860 e. The number of hydrogen-bond acceptors (Lipinski definition) is 1. The van der Waals surface area contributed by atoms with Crippen LogP contribution in [0.5, 0.6) is 0 Å². The van der Waals surface area contributed by atoms with E-state index < -0.39 is 0 Å². The van der Waals surface area contributed by atoms with E-state index in [1.165, 1.54) is 38.5 Å². The summed E-state index contributed by atoms with van der Waals surface area (Å²) in [6.45, 7) is 5.53. The number of hydrogen-bond donors (Lipinski definition) is 1. The zero-order chi connectivity index (χ0) is 10.6. The van der Waals surface area contributed by atoms with Crippen LogP contribution in [-0.4, -0.2) is 12.6 Å². The molecule has 0 saturated carbocycles. The third-order valence-corrected chi connectivity index (χ3v) is 2.50. The second-order valence-electron chi connectivity index (χ2n) is 3.85. The lowest BCUT2D eigenvalue weighted by Crippen LogP contribution is -2.28. The van der Waals surface area contributed by atoms with Crippen LogP contribution in [-0.2, 0) is 0 Å². The Balaban J connectivity index is 3.36. The van der Waals surface area contributed by atoms with Gasteiger partial charge in [-0.3, -0.25) is 0 Å². The van der Waals surface area contributed by atoms with Crippen molar-refractivity contribution >= 4 is 0 Å². The Kier molecular flexibility index (Phi) is 10.2. The number of rotatable bonds is 9. The van der Waals surface area contributed by atoms with Gasteiger partial charge in [-0.1, -0.05) is 33.1 Å². The largest absolute Gasteiger partial charge is 0.314 e. The van der Waals surface area contributed by atoms with Crippen molar-refractivity contribution in [2.75, 3.05) is 6.54 Å². The summed E-state index contributed by atoms with van der Waals surface area (Å²) >= 11 is 0. The summed E-state index contributed by atoms with van der Waals surface area (Å²) < 4.78 is 0. The van der Waals surface area contributed by atoms with Crippen LogP contribution in [0.15, 0.2) is 0 Å². The highest BCUT2D eigenvalue weighted by molar-refractivity contribution is 4.82. The van der Waals surface area contributed by atoms with Crippen molar-refractivity contribution < 1.29 is 0 Å². The lowest BCUT2D eigenvalue weighted by atomic mass is 10.0. The Labute approximate surface area is 89.7 Å². The molecule has 0 rings (SSSR count). The van der Waals surface area contributed by atoms with Gasteiger partial charge in [0.1, 0.15) is 0 Å². The summed E-state index contributed by atoms with van der Waals surface area (Å²) in [7, 11) is 0. The molecular weight excluding hydrogens is 170 g/mol. The monoisotopic (exact) mass is 195 g/mol. The van der Waals surface area contributed by atoms with Gasteiger partial charge in [-0.2, -0.15) is 0 Å². The standard InChI is InChI=1S/C13H25N/c1-4-7-8-9-10-12-13(11-5-2)14-6-3/h1,13-14H,5-12H2,2-3H3. The lowest BCUT2D eigenvalue weighted by molar-refractivity contribution is 0.439. The van der Waals surface area contributed by atoms with Crippen molar-refractivity contribution in [1.82, 2.24) is 5.32 Å². The topological polar surface area (TPSA) is 12.0 Å². The van der Waals surface area contributed by atoms with Crippen molar-refractivity contribution in [3.63, 3.8) is 0 Å². The molecule has 0 bridgehead atoms. The lowest BCUT2D eigenvalue weighted by Gasteiger charge is -2.16. The molecule has 14 heavy (non-hydrogen) atoms. The molecule has 0 saturated heterocycles. The normalized spacial score (nSPS) is 12.4. The Morgan fingerprint density at radius 2 is 1.93 bits per heavy atom. The second-order valence-corrected chi connectivity index (χ2v) is 3.85. The molecular formula is C13H25N.